The number of hydrogen-bond acceptors (Lipinski definition) is 1. The van der Waals surface area contributed by atoms with E-state index in [0.717, 1.165) is 30.6 Å². The maximum absolute atomic E-state index is 13.2. The lowest BCUT2D eigenvalue weighted by atomic mass is 9.99. The zero-order chi connectivity index (χ0) is 15.5. The lowest BCUT2D eigenvalue weighted by Gasteiger charge is -2.30. The SMILES string of the molecule is Cc1ccc2c(c1)CCCN2C(=O)CCc1cccc(F)c1. The minimum Gasteiger partial charge on any atom is -0.312 e. The van der Waals surface area contributed by atoms with Crippen LogP contribution in [-0.4, -0.2) is 12.5 Å². The molecule has 0 N–H and O–H groups in total. The van der Waals surface area contributed by atoms with E-state index in [4.69, 9.17) is 0 Å². The molecule has 0 saturated carbocycles. The van der Waals surface area contributed by atoms with E-state index in [2.05, 4.69) is 19.1 Å². The van der Waals surface area contributed by atoms with E-state index >= 15 is 0 Å². The third kappa shape index (κ3) is 3.19. The third-order valence-corrected chi connectivity index (χ3v) is 4.17. The zero-order valence-electron chi connectivity index (χ0n) is 12.8. The summed E-state index contributed by atoms with van der Waals surface area (Å²) < 4.78 is 13.2. The minimum absolute atomic E-state index is 0.120. The van der Waals surface area contributed by atoms with Crippen LogP contribution in [-0.2, 0) is 17.6 Å². The summed E-state index contributed by atoms with van der Waals surface area (Å²) in [4.78, 5) is 14.4. The highest BCUT2D eigenvalue weighted by molar-refractivity contribution is 5.94. The Morgan fingerprint density at radius 3 is 2.91 bits per heavy atom. The summed E-state index contributed by atoms with van der Waals surface area (Å²) in [6, 6.07) is 12.7. The summed E-state index contributed by atoms with van der Waals surface area (Å²) in [5.41, 5.74) is 4.40. The molecule has 3 heteroatoms. The third-order valence-electron chi connectivity index (χ3n) is 4.17. The van der Waals surface area contributed by atoms with Gasteiger partial charge in [-0.25, -0.2) is 4.39 Å². The van der Waals surface area contributed by atoms with Gasteiger partial charge in [-0.3, -0.25) is 4.79 Å². The van der Waals surface area contributed by atoms with E-state index in [0.29, 0.717) is 12.8 Å². The van der Waals surface area contributed by atoms with Crippen LogP contribution in [0.5, 0.6) is 0 Å². The van der Waals surface area contributed by atoms with Crippen molar-refractivity contribution in [2.45, 2.75) is 32.6 Å². The van der Waals surface area contributed by atoms with Crippen molar-refractivity contribution in [1.82, 2.24) is 0 Å². The normalized spacial score (nSPS) is 13.8. The Hall–Kier alpha value is -2.16. The van der Waals surface area contributed by atoms with Gasteiger partial charge in [0.15, 0.2) is 0 Å². The summed E-state index contributed by atoms with van der Waals surface area (Å²) in [7, 11) is 0. The number of aryl methyl sites for hydroxylation is 3. The molecule has 0 saturated heterocycles. The molecular weight excluding hydrogens is 277 g/mol. The molecule has 0 aliphatic carbocycles. The summed E-state index contributed by atoms with van der Waals surface area (Å²) in [6.07, 6.45) is 3.03. The smallest absolute Gasteiger partial charge is 0.227 e. The molecule has 0 aromatic heterocycles. The van der Waals surface area contributed by atoms with E-state index in [1.165, 1.54) is 23.3 Å². The number of nitrogens with zero attached hydrogens (tertiary/aromatic N) is 1. The molecular formula is C19H20FNO. The van der Waals surface area contributed by atoms with Crippen LogP contribution in [0.4, 0.5) is 10.1 Å². The van der Waals surface area contributed by atoms with Crippen LogP contribution in [0, 0.1) is 12.7 Å². The van der Waals surface area contributed by atoms with E-state index in [1.807, 2.05) is 17.0 Å². The van der Waals surface area contributed by atoms with Crippen LogP contribution in [0.1, 0.15) is 29.5 Å². The lowest BCUT2D eigenvalue weighted by Crippen LogP contribution is -2.35. The van der Waals surface area contributed by atoms with Crippen molar-refractivity contribution in [1.29, 1.82) is 0 Å². The number of fused-ring (bicyclic) bond motifs is 1. The lowest BCUT2D eigenvalue weighted by molar-refractivity contribution is -0.118. The van der Waals surface area contributed by atoms with Crippen molar-refractivity contribution in [3.63, 3.8) is 0 Å². The molecule has 0 radical (unpaired) electrons. The predicted molar refractivity (Wildman–Crippen MR) is 86.6 cm³/mol. The monoisotopic (exact) mass is 297 g/mol. The Labute approximate surface area is 130 Å². The number of anilines is 1. The number of halogens is 1. The molecule has 0 spiro atoms. The molecule has 1 amide bonds. The van der Waals surface area contributed by atoms with Crippen molar-refractivity contribution < 1.29 is 9.18 Å². The fourth-order valence-electron chi connectivity index (χ4n) is 3.06. The molecule has 3 rings (SSSR count). The highest BCUT2D eigenvalue weighted by Gasteiger charge is 2.22. The van der Waals surface area contributed by atoms with Crippen LogP contribution >= 0.6 is 0 Å². The van der Waals surface area contributed by atoms with Gasteiger partial charge in [-0.05, 0) is 55.5 Å². The van der Waals surface area contributed by atoms with Gasteiger partial charge in [-0.2, -0.15) is 0 Å². The Morgan fingerprint density at radius 1 is 1.23 bits per heavy atom. The van der Waals surface area contributed by atoms with Gasteiger partial charge in [0.2, 0.25) is 5.91 Å². The van der Waals surface area contributed by atoms with Crippen LogP contribution in [0.2, 0.25) is 0 Å². The average molecular weight is 297 g/mol. The van der Waals surface area contributed by atoms with Gasteiger partial charge in [0.25, 0.3) is 0 Å². The van der Waals surface area contributed by atoms with Crippen molar-refractivity contribution in [3.8, 4) is 0 Å². The molecule has 1 aliphatic rings. The number of rotatable bonds is 3. The summed E-state index contributed by atoms with van der Waals surface area (Å²) in [5, 5.41) is 0. The van der Waals surface area contributed by atoms with Gasteiger partial charge in [-0.1, -0.05) is 29.8 Å². The molecule has 2 aromatic rings. The number of carbonyl (C=O) groups is 1. The van der Waals surface area contributed by atoms with Crippen molar-refractivity contribution in [2.75, 3.05) is 11.4 Å². The van der Waals surface area contributed by atoms with E-state index in [1.54, 1.807) is 6.07 Å². The predicted octanol–water partition coefficient (Wildman–Crippen LogP) is 4.05. The number of benzene rings is 2. The standard InChI is InChI=1S/C19H20FNO/c1-14-7-9-18-16(12-14)5-3-11-21(18)19(22)10-8-15-4-2-6-17(20)13-15/h2,4,6-7,9,12-13H,3,5,8,10-11H2,1H3. The highest BCUT2D eigenvalue weighted by Crippen LogP contribution is 2.28. The number of hydrogen-bond donors (Lipinski definition) is 0. The summed E-state index contributed by atoms with van der Waals surface area (Å²) in [5.74, 6) is -0.127. The second-order valence-electron chi connectivity index (χ2n) is 5.91. The quantitative estimate of drug-likeness (QED) is 0.837. The van der Waals surface area contributed by atoms with E-state index in [-0.39, 0.29) is 11.7 Å². The molecule has 2 aromatic carbocycles. The molecule has 22 heavy (non-hydrogen) atoms. The maximum atomic E-state index is 13.2. The molecule has 2 nitrogen and oxygen atoms in total. The van der Waals surface area contributed by atoms with Crippen molar-refractivity contribution in [3.05, 3.63) is 65.0 Å². The summed E-state index contributed by atoms with van der Waals surface area (Å²) in [6.45, 7) is 2.85. The first-order chi connectivity index (χ1) is 10.6. The molecule has 0 fully saturated rings. The highest BCUT2D eigenvalue weighted by atomic mass is 19.1. The van der Waals surface area contributed by atoms with E-state index < -0.39 is 0 Å². The molecule has 114 valence electrons. The fraction of sp³-hybridized carbons (Fsp3) is 0.316. The van der Waals surface area contributed by atoms with Crippen LogP contribution in [0.3, 0.4) is 0 Å². The fourth-order valence-corrected chi connectivity index (χ4v) is 3.06. The summed E-state index contributed by atoms with van der Waals surface area (Å²) >= 11 is 0. The van der Waals surface area contributed by atoms with E-state index in [9.17, 15) is 9.18 Å². The molecule has 0 unspecified atom stereocenters. The van der Waals surface area contributed by atoms with Gasteiger partial charge in [0.05, 0.1) is 0 Å². The zero-order valence-corrected chi connectivity index (χ0v) is 12.8. The Kier molecular flexibility index (Phi) is 4.23. The van der Waals surface area contributed by atoms with Crippen LogP contribution in [0.15, 0.2) is 42.5 Å². The van der Waals surface area contributed by atoms with Gasteiger partial charge in [0, 0.05) is 18.7 Å². The van der Waals surface area contributed by atoms with Gasteiger partial charge in [-0.15, -0.1) is 0 Å². The van der Waals surface area contributed by atoms with Gasteiger partial charge < -0.3 is 4.90 Å². The maximum Gasteiger partial charge on any atom is 0.227 e. The second-order valence-corrected chi connectivity index (χ2v) is 5.91. The van der Waals surface area contributed by atoms with Crippen molar-refractivity contribution >= 4 is 11.6 Å². The average Bonchev–Trinajstić information content (AvgIpc) is 2.52. The first-order valence-corrected chi connectivity index (χ1v) is 7.78. The van der Waals surface area contributed by atoms with Crippen LogP contribution in [0.25, 0.3) is 0 Å². The number of carbonyl (C=O) groups excluding carboxylic acids is 1. The molecule has 1 heterocycles. The molecule has 0 bridgehead atoms. The van der Waals surface area contributed by atoms with Gasteiger partial charge >= 0.3 is 0 Å². The molecule has 0 atom stereocenters. The molecule has 1 aliphatic heterocycles. The number of amides is 1. The van der Waals surface area contributed by atoms with Crippen LogP contribution < -0.4 is 4.90 Å². The van der Waals surface area contributed by atoms with Gasteiger partial charge in [0.1, 0.15) is 5.82 Å². The first-order valence-electron chi connectivity index (χ1n) is 7.78. The first kappa shape index (κ1) is 14.8. The minimum atomic E-state index is -0.247. The Balaban J connectivity index is 1.71. The Bertz CT molecular complexity index is 696. The van der Waals surface area contributed by atoms with Crippen molar-refractivity contribution in [2.24, 2.45) is 0 Å². The Morgan fingerprint density at radius 2 is 2.09 bits per heavy atom. The topological polar surface area (TPSA) is 20.3 Å². The second kappa shape index (κ2) is 6.30. The largest absolute Gasteiger partial charge is 0.312 e.